The normalized spacial score (nSPS) is 24.1. The smallest absolute Gasteiger partial charge is 0.227 e. The maximum Gasteiger partial charge on any atom is 0.227 e. The molecule has 0 atom stereocenters. The molecule has 0 aliphatic heterocycles. The second kappa shape index (κ2) is 6.32. The number of nitrogens with zero attached hydrogens (tertiary/aromatic N) is 3. The molecule has 2 N–H and O–H groups in total. The van der Waals surface area contributed by atoms with Crippen LogP contribution in [0, 0.1) is 5.92 Å². The van der Waals surface area contributed by atoms with Crippen molar-refractivity contribution in [3.8, 4) is 0 Å². The van der Waals surface area contributed by atoms with Crippen molar-refractivity contribution in [2.45, 2.75) is 57.8 Å². The lowest BCUT2D eigenvalue weighted by atomic mass is 9.79. The summed E-state index contributed by atoms with van der Waals surface area (Å²) in [6, 6.07) is 0. The first kappa shape index (κ1) is 13.5. The van der Waals surface area contributed by atoms with Crippen LogP contribution in [0.15, 0.2) is 0 Å². The number of rotatable bonds is 4. The van der Waals surface area contributed by atoms with Crippen LogP contribution in [0.1, 0.15) is 63.6 Å². The van der Waals surface area contributed by atoms with Crippen LogP contribution in [0.5, 0.6) is 0 Å². The number of nitrogens with two attached hydrogens (primary N) is 1. The van der Waals surface area contributed by atoms with E-state index < -0.39 is 0 Å². The topological polar surface area (TPSA) is 64.7 Å². The summed E-state index contributed by atoms with van der Waals surface area (Å²) in [5.74, 6) is 2.31. The first-order valence-corrected chi connectivity index (χ1v) is 7.23. The second-order valence-electron chi connectivity index (χ2n) is 5.18. The zero-order chi connectivity index (χ0) is 13.0. The first-order chi connectivity index (χ1) is 8.69. The van der Waals surface area contributed by atoms with Gasteiger partial charge in [-0.15, -0.1) is 0 Å². The molecule has 2 rings (SSSR count). The van der Waals surface area contributed by atoms with Crippen LogP contribution in [0.2, 0.25) is 5.28 Å². The van der Waals surface area contributed by atoms with Crippen LogP contribution < -0.4 is 5.73 Å². The zero-order valence-corrected chi connectivity index (χ0v) is 11.7. The molecule has 0 bridgehead atoms. The quantitative estimate of drug-likeness (QED) is 0.907. The van der Waals surface area contributed by atoms with Gasteiger partial charge in [-0.25, -0.2) is 4.98 Å². The molecule has 0 unspecified atom stereocenters. The van der Waals surface area contributed by atoms with Crippen molar-refractivity contribution in [2.75, 3.05) is 5.73 Å². The lowest BCUT2D eigenvalue weighted by Crippen LogP contribution is -2.16. The van der Waals surface area contributed by atoms with Crippen LogP contribution in [-0.2, 0) is 0 Å². The summed E-state index contributed by atoms with van der Waals surface area (Å²) in [5.41, 5.74) is 5.61. The third kappa shape index (κ3) is 3.55. The van der Waals surface area contributed by atoms with Gasteiger partial charge in [0.15, 0.2) is 0 Å². The molecule has 1 heterocycles. The van der Waals surface area contributed by atoms with Gasteiger partial charge in [-0.3, -0.25) is 0 Å². The van der Waals surface area contributed by atoms with Crippen molar-refractivity contribution in [1.29, 1.82) is 0 Å². The summed E-state index contributed by atoms with van der Waals surface area (Å²) >= 11 is 5.82. The van der Waals surface area contributed by atoms with E-state index in [1.807, 2.05) is 0 Å². The van der Waals surface area contributed by atoms with Gasteiger partial charge in [0.25, 0.3) is 0 Å². The van der Waals surface area contributed by atoms with Gasteiger partial charge < -0.3 is 5.73 Å². The summed E-state index contributed by atoms with van der Waals surface area (Å²) in [4.78, 5) is 12.2. The molecule has 1 aromatic heterocycles. The van der Waals surface area contributed by atoms with Gasteiger partial charge in [0.2, 0.25) is 11.2 Å². The zero-order valence-electron chi connectivity index (χ0n) is 10.9. The third-order valence-corrected chi connectivity index (χ3v) is 3.99. The molecule has 1 aromatic rings. The Kier molecular flexibility index (Phi) is 4.75. The molecule has 0 saturated heterocycles. The van der Waals surface area contributed by atoms with E-state index in [1.54, 1.807) is 0 Å². The van der Waals surface area contributed by atoms with Crippen molar-refractivity contribution in [3.63, 3.8) is 0 Å². The van der Waals surface area contributed by atoms with Crippen molar-refractivity contribution >= 4 is 17.5 Å². The van der Waals surface area contributed by atoms with Gasteiger partial charge in [0.05, 0.1) is 0 Å². The highest BCUT2D eigenvalue weighted by atomic mass is 35.5. The number of aromatic nitrogens is 3. The molecule has 1 fully saturated rings. The summed E-state index contributed by atoms with van der Waals surface area (Å²) in [6.07, 6.45) is 8.84. The van der Waals surface area contributed by atoms with Gasteiger partial charge in [-0.2, -0.15) is 9.97 Å². The molecule has 0 aromatic carbocycles. The predicted octanol–water partition coefficient (Wildman–Crippen LogP) is 3.57. The van der Waals surface area contributed by atoms with Gasteiger partial charge in [-0.05, 0) is 43.2 Å². The van der Waals surface area contributed by atoms with E-state index in [0.29, 0.717) is 5.92 Å². The Bertz CT molecular complexity index is 368. The Hall–Kier alpha value is -0.900. The van der Waals surface area contributed by atoms with E-state index in [-0.39, 0.29) is 11.2 Å². The number of anilines is 1. The second-order valence-corrected chi connectivity index (χ2v) is 5.52. The molecule has 0 spiro atoms. The lowest BCUT2D eigenvalue weighted by molar-refractivity contribution is 0.298. The average Bonchev–Trinajstić information content (AvgIpc) is 2.36. The lowest BCUT2D eigenvalue weighted by Gasteiger charge is -2.27. The van der Waals surface area contributed by atoms with Crippen LogP contribution >= 0.6 is 11.6 Å². The molecule has 4 nitrogen and oxygen atoms in total. The summed E-state index contributed by atoms with van der Waals surface area (Å²) in [7, 11) is 0. The number of nitrogen functional groups attached to an aromatic ring is 1. The van der Waals surface area contributed by atoms with E-state index in [0.717, 1.165) is 24.6 Å². The summed E-state index contributed by atoms with van der Waals surface area (Å²) < 4.78 is 0. The maximum absolute atomic E-state index is 5.82. The largest absolute Gasteiger partial charge is 0.368 e. The van der Waals surface area contributed by atoms with E-state index in [4.69, 9.17) is 17.3 Å². The van der Waals surface area contributed by atoms with E-state index >= 15 is 0 Å². The highest BCUT2D eigenvalue weighted by Gasteiger charge is 2.24. The Morgan fingerprint density at radius 2 is 1.89 bits per heavy atom. The monoisotopic (exact) mass is 268 g/mol. The Morgan fingerprint density at radius 1 is 1.17 bits per heavy atom. The number of unbranched alkanes of at least 4 members (excludes halogenated alkanes) is 1. The molecule has 1 aliphatic carbocycles. The number of halogens is 1. The molecular weight excluding hydrogens is 248 g/mol. The van der Waals surface area contributed by atoms with Crippen LogP contribution in [0.25, 0.3) is 0 Å². The molecule has 100 valence electrons. The summed E-state index contributed by atoms with van der Waals surface area (Å²) in [5, 5.41) is 0.214. The molecule has 5 heteroatoms. The molecule has 0 amide bonds. The fourth-order valence-electron chi connectivity index (χ4n) is 2.77. The van der Waals surface area contributed by atoms with Gasteiger partial charge in [0, 0.05) is 5.92 Å². The molecule has 1 saturated carbocycles. The Labute approximate surface area is 113 Å². The molecule has 1 aliphatic rings. The SMILES string of the molecule is CCCCC1CCC(c2nc(N)nc(Cl)n2)CC1. The van der Waals surface area contributed by atoms with Crippen LogP contribution in [0.3, 0.4) is 0 Å². The van der Waals surface area contributed by atoms with E-state index in [9.17, 15) is 0 Å². The summed E-state index contributed by atoms with van der Waals surface area (Å²) in [6.45, 7) is 2.25. The highest BCUT2D eigenvalue weighted by molar-refractivity contribution is 6.28. The molecule has 0 radical (unpaired) electrons. The number of hydrogen-bond acceptors (Lipinski definition) is 4. The minimum absolute atomic E-state index is 0.214. The van der Waals surface area contributed by atoms with Crippen molar-refractivity contribution in [1.82, 2.24) is 15.0 Å². The average molecular weight is 269 g/mol. The third-order valence-electron chi connectivity index (χ3n) is 3.82. The minimum Gasteiger partial charge on any atom is -0.368 e. The fourth-order valence-corrected chi connectivity index (χ4v) is 2.94. The van der Waals surface area contributed by atoms with Gasteiger partial charge in [-0.1, -0.05) is 26.2 Å². The highest BCUT2D eigenvalue weighted by Crippen LogP contribution is 2.36. The predicted molar refractivity (Wildman–Crippen MR) is 73.5 cm³/mol. The number of hydrogen-bond donors (Lipinski definition) is 1. The fraction of sp³-hybridized carbons (Fsp3) is 0.769. The molecule has 18 heavy (non-hydrogen) atoms. The standard InChI is InChI=1S/C13H21ClN4/c1-2-3-4-9-5-7-10(8-6-9)11-16-12(14)18-13(15)17-11/h9-10H,2-8H2,1H3,(H2,15,16,17,18). The van der Waals surface area contributed by atoms with Crippen molar-refractivity contribution < 1.29 is 0 Å². The Morgan fingerprint density at radius 3 is 2.50 bits per heavy atom. The van der Waals surface area contributed by atoms with Gasteiger partial charge in [0.1, 0.15) is 5.82 Å². The Balaban J connectivity index is 1.92. The minimum atomic E-state index is 0.214. The van der Waals surface area contributed by atoms with Crippen molar-refractivity contribution in [2.24, 2.45) is 5.92 Å². The van der Waals surface area contributed by atoms with Crippen LogP contribution in [-0.4, -0.2) is 15.0 Å². The molecular formula is C13H21ClN4. The first-order valence-electron chi connectivity index (χ1n) is 6.86. The van der Waals surface area contributed by atoms with Crippen molar-refractivity contribution in [3.05, 3.63) is 11.1 Å². The van der Waals surface area contributed by atoms with E-state index in [1.165, 1.54) is 32.1 Å². The maximum atomic E-state index is 5.82. The van der Waals surface area contributed by atoms with Gasteiger partial charge >= 0.3 is 0 Å². The van der Waals surface area contributed by atoms with Crippen LogP contribution in [0.4, 0.5) is 5.95 Å². The van der Waals surface area contributed by atoms with E-state index in [2.05, 4.69) is 21.9 Å².